The van der Waals surface area contributed by atoms with Gasteiger partial charge < -0.3 is 9.46 Å². The zero-order chi connectivity index (χ0) is 22.7. The number of nitrogens with one attached hydrogen (secondary N) is 2. The number of rotatable bonds is 7. The number of anilines is 1. The van der Waals surface area contributed by atoms with Crippen LogP contribution in [0.5, 0.6) is 5.75 Å². The third kappa shape index (κ3) is 4.93. The third-order valence-corrected chi connectivity index (χ3v) is 6.69. The summed E-state index contributed by atoms with van der Waals surface area (Å²) in [4.78, 5) is 19.2. The van der Waals surface area contributed by atoms with Crippen molar-refractivity contribution in [2.75, 3.05) is 11.8 Å². The van der Waals surface area contributed by atoms with Crippen LogP contribution in [0.2, 0.25) is 0 Å². The summed E-state index contributed by atoms with van der Waals surface area (Å²) in [6.45, 7) is 0.289. The molecule has 3 aromatic rings. The average molecular weight is 475 g/mol. The molecule has 0 aliphatic carbocycles. The van der Waals surface area contributed by atoms with Crippen LogP contribution >= 0.6 is 22.6 Å². The maximum atomic E-state index is 14.9. The second-order valence-corrected chi connectivity index (χ2v) is 9.36. The molecule has 32 heavy (non-hydrogen) atoms. The van der Waals surface area contributed by atoms with Gasteiger partial charge in [0, 0.05) is 27.1 Å². The molecule has 0 radical (unpaired) electrons. The number of aromatic nitrogens is 1. The molecule has 1 aliphatic heterocycles. The van der Waals surface area contributed by atoms with Gasteiger partial charge in [0.25, 0.3) is 0 Å². The van der Waals surface area contributed by atoms with E-state index in [1.54, 1.807) is 31.3 Å². The highest BCUT2D eigenvalue weighted by atomic mass is 32.2. The average Bonchev–Trinajstić information content (AvgIpc) is 2.78. The van der Waals surface area contributed by atoms with Crippen molar-refractivity contribution in [3.8, 4) is 5.75 Å². The number of hydrogen-bond donors (Lipinski definition) is 2. The van der Waals surface area contributed by atoms with Crippen LogP contribution in [-0.4, -0.2) is 28.9 Å². The Morgan fingerprint density at radius 2 is 2.06 bits per heavy atom. The highest BCUT2D eigenvalue weighted by Gasteiger charge is 2.26. The van der Waals surface area contributed by atoms with Gasteiger partial charge in [-0.1, -0.05) is 30.0 Å². The summed E-state index contributed by atoms with van der Waals surface area (Å²) in [5.41, 5.74) is 1.09. The lowest BCUT2D eigenvalue weighted by Crippen LogP contribution is -2.36. The van der Waals surface area contributed by atoms with Crippen LogP contribution in [0.25, 0.3) is 0 Å². The number of carbonyl (C=O) groups is 1. The molecule has 0 saturated heterocycles. The number of halogens is 2. The monoisotopic (exact) mass is 474 g/mol. The van der Waals surface area contributed by atoms with Gasteiger partial charge in [0.1, 0.15) is 11.6 Å². The number of amides is 1. The molecule has 2 heterocycles. The van der Waals surface area contributed by atoms with Crippen molar-refractivity contribution < 1.29 is 18.3 Å². The molecule has 166 valence electrons. The van der Waals surface area contributed by atoms with Crippen molar-refractivity contribution in [1.29, 1.82) is 0 Å². The molecule has 1 aromatic heterocycles. The van der Waals surface area contributed by atoms with Crippen LogP contribution < -0.4 is 14.2 Å². The summed E-state index contributed by atoms with van der Waals surface area (Å²) in [6, 6.07) is 13.4. The number of benzene rings is 2. The first-order chi connectivity index (χ1) is 15.4. The fourth-order valence-electron chi connectivity index (χ4n) is 3.08. The van der Waals surface area contributed by atoms with Gasteiger partial charge in [-0.25, -0.2) is 18.6 Å². The van der Waals surface area contributed by atoms with Gasteiger partial charge >= 0.3 is 6.09 Å². The predicted molar refractivity (Wildman–Crippen MR) is 124 cm³/mol. The van der Waals surface area contributed by atoms with E-state index < -0.39 is 22.8 Å². The molecule has 1 aliphatic rings. The Bertz CT molecular complexity index is 1190. The van der Waals surface area contributed by atoms with E-state index >= 15 is 0 Å². The first-order valence-electron chi connectivity index (χ1n) is 9.58. The maximum Gasteiger partial charge on any atom is 0.415 e. The smallest absolute Gasteiger partial charge is 0.410 e. The summed E-state index contributed by atoms with van der Waals surface area (Å²) >= 11 is 1.25. The largest absolute Gasteiger partial charge is 0.415 e. The Kier molecular flexibility index (Phi) is 6.73. The van der Waals surface area contributed by atoms with Gasteiger partial charge in [-0.3, -0.25) is 9.62 Å². The fraction of sp³-hybridized carbons (Fsp3) is 0.136. The summed E-state index contributed by atoms with van der Waals surface area (Å²) in [7, 11) is 1.01. The fourth-order valence-corrected chi connectivity index (χ4v) is 4.42. The maximum absolute atomic E-state index is 14.9. The number of carbonyl (C=O) groups excluding carboxylic acids is 1. The first-order valence-corrected chi connectivity index (χ1v) is 11.8. The summed E-state index contributed by atoms with van der Waals surface area (Å²) in [6.07, 6.45) is 0.895. The molecule has 10 heteroatoms. The number of ether oxygens (including phenoxy) is 1. The van der Waals surface area contributed by atoms with Crippen molar-refractivity contribution in [2.24, 2.45) is 0 Å². The summed E-state index contributed by atoms with van der Waals surface area (Å²) in [5, 5.41) is 0. The van der Waals surface area contributed by atoms with E-state index in [0.29, 0.717) is 16.2 Å². The van der Waals surface area contributed by atoms with Gasteiger partial charge in [-0.15, -0.1) is 0 Å². The molecule has 0 bridgehead atoms. The third-order valence-electron chi connectivity index (χ3n) is 4.72. The zero-order valence-corrected chi connectivity index (χ0v) is 18.7. The van der Waals surface area contributed by atoms with Gasteiger partial charge in [-0.05, 0) is 54.1 Å². The highest BCUT2D eigenvalue weighted by Crippen LogP contribution is 2.36. The number of nitrogens with zero attached hydrogens (tertiary/aromatic N) is 2. The van der Waals surface area contributed by atoms with Crippen LogP contribution in [0.15, 0.2) is 64.5 Å². The van der Waals surface area contributed by atoms with Gasteiger partial charge in [0.15, 0.2) is 11.6 Å². The Morgan fingerprint density at radius 3 is 2.84 bits per heavy atom. The minimum atomic E-state index is -0.692. The molecule has 1 unspecified atom stereocenters. The standard InChI is InChI=1S/C22H20F2N4O2S2/c1-25-32(2)27-21-20(24)15(9-10-26-21)13-28-12-14-7-8-16(11-18(14)30-22(28)29)31-19-6-4-3-5-17(19)23/h3-11,25H,2,12-13H2,1H3,(H,26,27). The Morgan fingerprint density at radius 1 is 1.25 bits per heavy atom. The highest BCUT2D eigenvalue weighted by molar-refractivity contribution is 8.13. The molecule has 0 spiro atoms. The van der Waals surface area contributed by atoms with Crippen LogP contribution in [0.3, 0.4) is 0 Å². The Labute approximate surface area is 191 Å². The van der Waals surface area contributed by atoms with Crippen molar-refractivity contribution >= 4 is 40.4 Å². The van der Waals surface area contributed by atoms with Gasteiger partial charge in [-0.2, -0.15) is 0 Å². The van der Waals surface area contributed by atoms with E-state index in [1.165, 1.54) is 35.0 Å². The van der Waals surface area contributed by atoms with E-state index in [0.717, 1.165) is 10.5 Å². The number of pyridine rings is 1. The first kappa shape index (κ1) is 22.3. The van der Waals surface area contributed by atoms with Crippen molar-refractivity contribution in [3.63, 3.8) is 0 Å². The van der Waals surface area contributed by atoms with Crippen molar-refractivity contribution in [3.05, 3.63) is 77.5 Å². The zero-order valence-electron chi connectivity index (χ0n) is 17.1. The topological polar surface area (TPSA) is 66.5 Å². The molecule has 0 fully saturated rings. The van der Waals surface area contributed by atoms with Gasteiger partial charge in [0.2, 0.25) is 0 Å². The van der Waals surface area contributed by atoms with E-state index in [4.69, 9.17) is 4.74 Å². The normalized spacial score (nSPS) is 14.0. The van der Waals surface area contributed by atoms with E-state index in [1.807, 2.05) is 12.1 Å². The van der Waals surface area contributed by atoms with Crippen LogP contribution in [0.1, 0.15) is 11.1 Å². The molecule has 2 aromatic carbocycles. The SMILES string of the molecule is C=S(NC)Nc1nccc(CN2Cc3ccc(Sc4ccccc4F)cc3OC2=O)c1F. The van der Waals surface area contributed by atoms with E-state index in [-0.39, 0.29) is 24.7 Å². The Hall–Kier alpha value is -2.95. The van der Waals surface area contributed by atoms with Crippen LogP contribution in [0, 0.1) is 11.6 Å². The molecule has 4 rings (SSSR count). The number of hydrogen-bond acceptors (Lipinski definition) is 6. The lowest BCUT2D eigenvalue weighted by molar-refractivity contribution is 0.134. The van der Waals surface area contributed by atoms with Crippen LogP contribution in [-0.2, 0) is 13.1 Å². The summed E-state index contributed by atoms with van der Waals surface area (Å²) in [5.74, 6) is 3.43. The molecular formula is C22H20F2N4O2S2. The summed E-state index contributed by atoms with van der Waals surface area (Å²) < 4.78 is 40.0. The lowest BCUT2D eigenvalue weighted by atomic mass is 10.1. The number of fused-ring (bicyclic) bond motifs is 1. The molecule has 6 nitrogen and oxygen atoms in total. The molecular weight excluding hydrogens is 454 g/mol. The van der Waals surface area contributed by atoms with Crippen LogP contribution in [0.4, 0.5) is 19.4 Å². The molecule has 1 amide bonds. The van der Waals surface area contributed by atoms with E-state index in [2.05, 4.69) is 20.3 Å². The second kappa shape index (κ2) is 9.68. The van der Waals surface area contributed by atoms with E-state index in [9.17, 15) is 13.6 Å². The predicted octanol–water partition coefficient (Wildman–Crippen LogP) is 5.19. The lowest BCUT2D eigenvalue weighted by Gasteiger charge is -2.28. The minimum Gasteiger partial charge on any atom is -0.410 e. The minimum absolute atomic E-state index is 0.0253. The van der Waals surface area contributed by atoms with Crippen molar-refractivity contribution in [2.45, 2.75) is 22.9 Å². The molecule has 1 atom stereocenters. The molecule has 2 N–H and O–H groups in total. The second-order valence-electron chi connectivity index (χ2n) is 6.86. The molecule has 0 saturated carbocycles. The van der Waals surface area contributed by atoms with Crippen molar-refractivity contribution in [1.82, 2.24) is 14.6 Å². The van der Waals surface area contributed by atoms with Gasteiger partial charge in [0.05, 0.1) is 13.1 Å². The quantitative estimate of drug-likeness (QED) is 0.460. The Balaban J connectivity index is 1.50.